The number of amides is 1. The van der Waals surface area contributed by atoms with Crippen LogP contribution in [-0.4, -0.2) is 39.9 Å². The Balaban J connectivity index is 1.65. The summed E-state index contributed by atoms with van der Waals surface area (Å²) in [6.07, 6.45) is 0.000975. The minimum Gasteiger partial charge on any atom is -0.394 e. The van der Waals surface area contributed by atoms with E-state index in [1.807, 2.05) is 0 Å². The standard InChI is InChI=1S/C23H23F3N2O3/c1-11(30)19(10-29)27-23(31)14-6-13(7-14)20-17-8-16(25)9-18(26)22(17)28-21(20)12-2-4-15(24)5-3-12/h2-5,8-9,11,13-14,19,28-30H,6-7,10H2,1H3,(H,27,31)/t11-,13?,14?,19+/m1/s1. The molecule has 1 amide bonds. The molecule has 0 saturated heterocycles. The van der Waals surface area contributed by atoms with Gasteiger partial charge in [0.05, 0.1) is 30.0 Å². The zero-order valence-corrected chi connectivity index (χ0v) is 16.8. The number of halogens is 3. The highest BCUT2D eigenvalue weighted by atomic mass is 19.1. The number of aromatic amines is 1. The first-order valence-electron chi connectivity index (χ1n) is 10.1. The van der Waals surface area contributed by atoms with E-state index in [1.165, 1.54) is 25.1 Å². The number of rotatable bonds is 6. The van der Waals surface area contributed by atoms with Crippen molar-refractivity contribution < 1.29 is 28.2 Å². The molecule has 2 atom stereocenters. The lowest BCUT2D eigenvalue weighted by Gasteiger charge is -2.36. The van der Waals surface area contributed by atoms with Crippen LogP contribution in [0.2, 0.25) is 0 Å². The second-order valence-corrected chi connectivity index (χ2v) is 8.13. The van der Waals surface area contributed by atoms with Gasteiger partial charge < -0.3 is 20.5 Å². The first-order valence-corrected chi connectivity index (χ1v) is 10.1. The summed E-state index contributed by atoms with van der Waals surface area (Å²) in [7, 11) is 0. The largest absolute Gasteiger partial charge is 0.394 e. The Hall–Kier alpha value is -2.84. The van der Waals surface area contributed by atoms with Crippen LogP contribution in [0.4, 0.5) is 13.2 Å². The Kier molecular flexibility index (Phi) is 5.77. The van der Waals surface area contributed by atoms with Crippen molar-refractivity contribution in [3.05, 3.63) is 59.4 Å². The molecule has 5 nitrogen and oxygen atoms in total. The van der Waals surface area contributed by atoms with Crippen molar-refractivity contribution in [1.82, 2.24) is 10.3 Å². The molecular formula is C23H23F3N2O3. The number of H-pyrrole nitrogens is 1. The maximum atomic E-state index is 14.4. The molecular weight excluding hydrogens is 409 g/mol. The molecule has 4 N–H and O–H groups in total. The number of aliphatic hydroxyl groups excluding tert-OH is 2. The summed E-state index contributed by atoms with van der Waals surface area (Å²) in [6, 6.07) is 7.04. The number of benzene rings is 2. The Labute approximate surface area is 176 Å². The quantitative estimate of drug-likeness (QED) is 0.480. The molecule has 0 radical (unpaired) electrons. The summed E-state index contributed by atoms with van der Waals surface area (Å²) < 4.78 is 41.8. The van der Waals surface area contributed by atoms with Gasteiger partial charge in [0.25, 0.3) is 0 Å². The highest BCUT2D eigenvalue weighted by Gasteiger charge is 2.39. The van der Waals surface area contributed by atoms with Gasteiger partial charge in [-0.2, -0.15) is 0 Å². The van der Waals surface area contributed by atoms with Crippen LogP contribution in [0.5, 0.6) is 0 Å². The zero-order valence-electron chi connectivity index (χ0n) is 16.8. The van der Waals surface area contributed by atoms with Crippen molar-refractivity contribution in [3.8, 4) is 11.3 Å². The molecule has 1 aliphatic rings. The molecule has 0 bridgehead atoms. The molecule has 2 aromatic carbocycles. The van der Waals surface area contributed by atoms with Crippen molar-refractivity contribution in [2.24, 2.45) is 5.92 Å². The second-order valence-electron chi connectivity index (χ2n) is 8.13. The summed E-state index contributed by atoms with van der Waals surface area (Å²) in [4.78, 5) is 15.5. The summed E-state index contributed by atoms with van der Waals surface area (Å²) in [5.41, 5.74) is 2.06. The third-order valence-electron chi connectivity index (χ3n) is 6.02. The average molecular weight is 432 g/mol. The predicted molar refractivity (Wildman–Crippen MR) is 110 cm³/mol. The Morgan fingerprint density at radius 1 is 1.16 bits per heavy atom. The van der Waals surface area contributed by atoms with E-state index in [9.17, 15) is 28.2 Å². The van der Waals surface area contributed by atoms with Gasteiger partial charge in [-0.1, -0.05) is 0 Å². The molecule has 0 spiro atoms. The fraction of sp³-hybridized carbons (Fsp3) is 0.348. The monoisotopic (exact) mass is 432 g/mol. The lowest BCUT2D eigenvalue weighted by atomic mass is 9.69. The molecule has 8 heteroatoms. The Bertz CT molecular complexity index is 1110. The lowest BCUT2D eigenvalue weighted by molar-refractivity contribution is -0.130. The highest BCUT2D eigenvalue weighted by molar-refractivity contribution is 5.92. The number of nitrogens with one attached hydrogen (secondary N) is 2. The number of aromatic nitrogens is 1. The van der Waals surface area contributed by atoms with Crippen LogP contribution >= 0.6 is 0 Å². The third kappa shape index (κ3) is 4.05. The van der Waals surface area contributed by atoms with Crippen LogP contribution in [0, 0.1) is 23.4 Å². The topological polar surface area (TPSA) is 85.3 Å². The van der Waals surface area contributed by atoms with Gasteiger partial charge in [0.1, 0.15) is 17.5 Å². The Morgan fingerprint density at radius 3 is 2.45 bits per heavy atom. The van der Waals surface area contributed by atoms with E-state index in [-0.39, 0.29) is 29.9 Å². The molecule has 3 aromatic rings. The number of hydrogen-bond acceptors (Lipinski definition) is 3. The normalized spacial score (nSPS) is 20.3. The first kappa shape index (κ1) is 21.4. The zero-order chi connectivity index (χ0) is 22.3. The van der Waals surface area contributed by atoms with E-state index < -0.39 is 29.6 Å². The molecule has 1 aromatic heterocycles. The second kappa shape index (κ2) is 8.36. The van der Waals surface area contributed by atoms with E-state index in [0.717, 1.165) is 6.07 Å². The predicted octanol–water partition coefficient (Wildman–Crippen LogP) is 3.60. The van der Waals surface area contributed by atoms with Gasteiger partial charge in [-0.05, 0) is 67.1 Å². The van der Waals surface area contributed by atoms with E-state index in [1.54, 1.807) is 12.1 Å². The minimum absolute atomic E-state index is 0.134. The average Bonchev–Trinajstić information content (AvgIpc) is 3.05. The summed E-state index contributed by atoms with van der Waals surface area (Å²) in [6.45, 7) is 1.10. The summed E-state index contributed by atoms with van der Waals surface area (Å²) in [5, 5.41) is 21.9. The van der Waals surface area contributed by atoms with Gasteiger partial charge in [0.15, 0.2) is 0 Å². The molecule has 0 unspecified atom stereocenters. The Morgan fingerprint density at radius 2 is 1.84 bits per heavy atom. The van der Waals surface area contributed by atoms with Crippen molar-refractivity contribution in [2.45, 2.75) is 37.8 Å². The van der Waals surface area contributed by atoms with Crippen molar-refractivity contribution in [1.29, 1.82) is 0 Å². The van der Waals surface area contributed by atoms with Gasteiger partial charge in [0, 0.05) is 17.4 Å². The third-order valence-corrected chi connectivity index (χ3v) is 6.02. The molecule has 1 fully saturated rings. The van der Waals surface area contributed by atoms with Crippen LogP contribution in [0.25, 0.3) is 22.2 Å². The lowest BCUT2D eigenvalue weighted by Crippen LogP contribution is -2.49. The first-order chi connectivity index (χ1) is 14.8. The van der Waals surface area contributed by atoms with Gasteiger partial charge >= 0.3 is 0 Å². The maximum Gasteiger partial charge on any atom is 0.223 e. The van der Waals surface area contributed by atoms with Crippen LogP contribution in [-0.2, 0) is 4.79 Å². The van der Waals surface area contributed by atoms with Crippen molar-refractivity contribution in [3.63, 3.8) is 0 Å². The number of aliphatic hydroxyl groups is 2. The maximum absolute atomic E-state index is 14.4. The number of fused-ring (bicyclic) bond motifs is 1. The van der Waals surface area contributed by atoms with Crippen LogP contribution in [0.3, 0.4) is 0 Å². The van der Waals surface area contributed by atoms with Crippen LogP contribution in [0.1, 0.15) is 31.2 Å². The fourth-order valence-electron chi connectivity index (χ4n) is 4.20. The summed E-state index contributed by atoms with van der Waals surface area (Å²) >= 11 is 0. The fourth-order valence-corrected chi connectivity index (χ4v) is 4.20. The van der Waals surface area contributed by atoms with Crippen molar-refractivity contribution >= 4 is 16.8 Å². The van der Waals surface area contributed by atoms with E-state index >= 15 is 0 Å². The molecule has 1 aliphatic carbocycles. The van der Waals surface area contributed by atoms with Gasteiger partial charge in [0.2, 0.25) is 5.91 Å². The van der Waals surface area contributed by atoms with Gasteiger partial charge in [-0.3, -0.25) is 4.79 Å². The van der Waals surface area contributed by atoms with Crippen LogP contribution in [0.15, 0.2) is 36.4 Å². The number of hydrogen-bond donors (Lipinski definition) is 4. The van der Waals surface area contributed by atoms with E-state index in [4.69, 9.17) is 0 Å². The SMILES string of the molecule is C[C@@H](O)[C@H](CO)NC(=O)C1CC(c2c(-c3ccc(F)cc3)[nH]c3c(F)cc(F)cc23)C1. The summed E-state index contributed by atoms with van der Waals surface area (Å²) in [5.74, 6) is -2.59. The molecule has 1 heterocycles. The molecule has 164 valence electrons. The molecule has 1 saturated carbocycles. The van der Waals surface area contributed by atoms with E-state index in [0.29, 0.717) is 35.0 Å². The molecule has 31 heavy (non-hydrogen) atoms. The number of carbonyl (C=O) groups is 1. The molecule has 4 rings (SSSR count). The van der Waals surface area contributed by atoms with Crippen LogP contribution < -0.4 is 5.32 Å². The van der Waals surface area contributed by atoms with Crippen molar-refractivity contribution in [2.75, 3.05) is 6.61 Å². The smallest absolute Gasteiger partial charge is 0.223 e. The highest BCUT2D eigenvalue weighted by Crippen LogP contribution is 2.48. The van der Waals surface area contributed by atoms with Gasteiger partial charge in [-0.15, -0.1) is 0 Å². The minimum atomic E-state index is -0.894. The van der Waals surface area contributed by atoms with E-state index in [2.05, 4.69) is 10.3 Å². The number of carbonyl (C=O) groups excluding carboxylic acids is 1. The molecule has 0 aliphatic heterocycles. The van der Waals surface area contributed by atoms with Gasteiger partial charge in [-0.25, -0.2) is 13.2 Å².